The van der Waals surface area contributed by atoms with Gasteiger partial charge < -0.3 is 20.5 Å². The van der Waals surface area contributed by atoms with E-state index in [0.29, 0.717) is 6.42 Å². The van der Waals surface area contributed by atoms with E-state index in [4.69, 9.17) is 10.5 Å². The minimum atomic E-state index is -0.563. The van der Waals surface area contributed by atoms with Crippen molar-refractivity contribution < 1.29 is 14.6 Å². The number of rotatable bonds is 2. The molecule has 0 aliphatic carbocycles. The van der Waals surface area contributed by atoms with E-state index in [1.54, 1.807) is 4.90 Å². The monoisotopic (exact) mass is 292 g/mol. The Bertz CT molecular complexity index is 484. The molecule has 5 nitrogen and oxygen atoms in total. The Morgan fingerprint density at radius 3 is 2.57 bits per heavy atom. The summed E-state index contributed by atoms with van der Waals surface area (Å²) in [7, 11) is 0. The minimum absolute atomic E-state index is 0.253. The molecule has 3 N–H and O–H groups in total. The van der Waals surface area contributed by atoms with Crippen molar-refractivity contribution in [1.29, 1.82) is 0 Å². The number of likely N-dealkylation sites (tertiary alicyclic amines) is 1. The van der Waals surface area contributed by atoms with Gasteiger partial charge in [-0.3, -0.25) is 0 Å². The molecule has 5 heteroatoms. The average molecular weight is 292 g/mol. The number of carbonyl (C=O) groups excluding carboxylic acids is 1. The van der Waals surface area contributed by atoms with Gasteiger partial charge in [0.15, 0.2) is 0 Å². The fourth-order valence-electron chi connectivity index (χ4n) is 2.61. The molecule has 1 heterocycles. The molecule has 0 bridgehead atoms. The van der Waals surface area contributed by atoms with E-state index >= 15 is 0 Å². The van der Waals surface area contributed by atoms with Gasteiger partial charge in [0.2, 0.25) is 0 Å². The molecule has 0 saturated carbocycles. The van der Waals surface area contributed by atoms with Gasteiger partial charge in [-0.1, -0.05) is 30.3 Å². The average Bonchev–Trinajstić information content (AvgIpc) is 2.79. The Morgan fingerprint density at radius 2 is 2.00 bits per heavy atom. The van der Waals surface area contributed by atoms with E-state index in [2.05, 4.69) is 0 Å². The molecule has 0 aromatic heterocycles. The maximum absolute atomic E-state index is 12.3. The van der Waals surface area contributed by atoms with E-state index in [1.807, 2.05) is 51.1 Å². The Hall–Kier alpha value is -1.59. The van der Waals surface area contributed by atoms with Crippen LogP contribution in [0.5, 0.6) is 0 Å². The zero-order valence-electron chi connectivity index (χ0n) is 12.8. The third-order valence-electron chi connectivity index (χ3n) is 3.55. The van der Waals surface area contributed by atoms with Crippen LogP contribution in [0.15, 0.2) is 30.3 Å². The van der Waals surface area contributed by atoms with Gasteiger partial charge in [-0.2, -0.15) is 0 Å². The SMILES string of the molecule is CC(C)(C)OC(=O)N1C[C@H](O)C[C@@H]1C(N)c1ccccc1. The van der Waals surface area contributed by atoms with Crippen molar-refractivity contribution in [1.82, 2.24) is 4.90 Å². The molecule has 0 spiro atoms. The van der Waals surface area contributed by atoms with Crippen molar-refractivity contribution in [2.75, 3.05) is 6.54 Å². The lowest BCUT2D eigenvalue weighted by atomic mass is 9.98. The van der Waals surface area contributed by atoms with Crippen molar-refractivity contribution in [3.63, 3.8) is 0 Å². The van der Waals surface area contributed by atoms with Crippen molar-refractivity contribution in [3.05, 3.63) is 35.9 Å². The van der Waals surface area contributed by atoms with Gasteiger partial charge in [0.25, 0.3) is 0 Å². The molecule has 1 unspecified atom stereocenters. The second-order valence-electron chi connectivity index (χ2n) is 6.53. The molecule has 1 aromatic rings. The van der Waals surface area contributed by atoms with Crippen molar-refractivity contribution in [3.8, 4) is 0 Å². The fourth-order valence-corrected chi connectivity index (χ4v) is 2.61. The highest BCUT2D eigenvalue weighted by Gasteiger charge is 2.40. The largest absolute Gasteiger partial charge is 0.444 e. The van der Waals surface area contributed by atoms with Crippen LogP contribution in [0.4, 0.5) is 4.79 Å². The molecule has 2 rings (SSSR count). The number of amides is 1. The summed E-state index contributed by atoms with van der Waals surface area (Å²) in [5.74, 6) is 0. The molecule has 3 atom stereocenters. The lowest BCUT2D eigenvalue weighted by Gasteiger charge is -2.31. The van der Waals surface area contributed by atoms with Crippen molar-refractivity contribution in [2.24, 2.45) is 5.73 Å². The number of nitrogens with zero attached hydrogens (tertiary/aromatic N) is 1. The van der Waals surface area contributed by atoms with Gasteiger partial charge in [-0.15, -0.1) is 0 Å². The molecule has 21 heavy (non-hydrogen) atoms. The van der Waals surface area contributed by atoms with Crippen LogP contribution in [-0.4, -0.2) is 40.4 Å². The predicted octanol–water partition coefficient (Wildman–Crippen LogP) is 2.06. The Kier molecular flexibility index (Phi) is 4.54. The lowest BCUT2D eigenvalue weighted by Crippen LogP contribution is -2.44. The molecule has 1 aliphatic heterocycles. The summed E-state index contributed by atoms with van der Waals surface area (Å²) in [6.07, 6.45) is -0.511. The van der Waals surface area contributed by atoms with Crippen LogP contribution >= 0.6 is 0 Å². The van der Waals surface area contributed by atoms with Gasteiger partial charge in [-0.25, -0.2) is 4.79 Å². The second kappa shape index (κ2) is 6.03. The van der Waals surface area contributed by atoms with Gasteiger partial charge >= 0.3 is 6.09 Å². The maximum atomic E-state index is 12.3. The van der Waals surface area contributed by atoms with Gasteiger partial charge in [-0.05, 0) is 32.8 Å². The van der Waals surface area contributed by atoms with E-state index in [0.717, 1.165) is 5.56 Å². The summed E-state index contributed by atoms with van der Waals surface area (Å²) in [4.78, 5) is 13.8. The van der Waals surface area contributed by atoms with Crippen LogP contribution in [-0.2, 0) is 4.74 Å². The van der Waals surface area contributed by atoms with E-state index in [-0.39, 0.29) is 18.6 Å². The Morgan fingerprint density at radius 1 is 1.38 bits per heavy atom. The number of aliphatic hydroxyl groups excluding tert-OH is 1. The number of nitrogens with two attached hydrogens (primary N) is 1. The first-order valence-electron chi connectivity index (χ1n) is 7.26. The fraction of sp³-hybridized carbons (Fsp3) is 0.562. The summed E-state index contributed by atoms with van der Waals surface area (Å²) in [5.41, 5.74) is 6.68. The highest BCUT2D eigenvalue weighted by atomic mass is 16.6. The number of aliphatic hydroxyl groups is 1. The summed E-state index contributed by atoms with van der Waals surface area (Å²) in [6.45, 7) is 5.73. The van der Waals surface area contributed by atoms with Crippen molar-refractivity contribution in [2.45, 2.75) is 51.0 Å². The first-order chi connectivity index (χ1) is 9.78. The molecular weight excluding hydrogens is 268 g/mol. The number of carbonyl (C=O) groups is 1. The summed E-state index contributed by atoms with van der Waals surface area (Å²) in [6, 6.07) is 9.03. The standard InChI is InChI=1S/C16H24N2O3/c1-16(2,3)21-15(20)18-10-12(19)9-13(18)14(17)11-7-5-4-6-8-11/h4-8,12-14,19H,9-10,17H2,1-3H3/t12-,13-,14?/m1/s1. The van der Waals surface area contributed by atoms with Gasteiger partial charge in [0.1, 0.15) is 5.60 Å². The van der Waals surface area contributed by atoms with Crippen molar-refractivity contribution >= 4 is 6.09 Å². The number of hydrogen-bond donors (Lipinski definition) is 2. The lowest BCUT2D eigenvalue weighted by molar-refractivity contribution is 0.0190. The summed E-state index contributed by atoms with van der Waals surface area (Å²) >= 11 is 0. The van der Waals surface area contributed by atoms with Crippen LogP contribution in [0.25, 0.3) is 0 Å². The summed E-state index contributed by atoms with van der Waals surface area (Å²) < 4.78 is 5.41. The molecule has 1 saturated heterocycles. The highest BCUT2D eigenvalue weighted by Crippen LogP contribution is 2.29. The molecular formula is C16H24N2O3. The third-order valence-corrected chi connectivity index (χ3v) is 3.55. The summed E-state index contributed by atoms with van der Waals surface area (Å²) in [5, 5.41) is 9.91. The predicted molar refractivity (Wildman–Crippen MR) is 80.7 cm³/mol. The zero-order valence-corrected chi connectivity index (χ0v) is 12.8. The normalized spacial score (nSPS) is 24.0. The molecule has 1 fully saturated rings. The third kappa shape index (κ3) is 3.95. The second-order valence-corrected chi connectivity index (χ2v) is 6.53. The first-order valence-corrected chi connectivity index (χ1v) is 7.26. The highest BCUT2D eigenvalue weighted by molar-refractivity contribution is 5.69. The number of hydrogen-bond acceptors (Lipinski definition) is 4. The quantitative estimate of drug-likeness (QED) is 0.875. The smallest absolute Gasteiger partial charge is 0.410 e. The van der Waals surface area contributed by atoms with Crippen LogP contribution < -0.4 is 5.73 Å². The molecule has 1 aromatic carbocycles. The molecule has 116 valence electrons. The van der Waals surface area contributed by atoms with E-state index in [1.165, 1.54) is 0 Å². The minimum Gasteiger partial charge on any atom is -0.444 e. The molecule has 1 amide bonds. The molecule has 1 aliphatic rings. The van der Waals surface area contributed by atoms with Crippen LogP contribution in [0, 0.1) is 0 Å². The Labute approximate surface area is 125 Å². The first kappa shape index (κ1) is 15.8. The van der Waals surface area contributed by atoms with E-state index in [9.17, 15) is 9.90 Å². The van der Waals surface area contributed by atoms with E-state index < -0.39 is 17.8 Å². The molecule has 0 radical (unpaired) electrons. The number of β-amino-alcohol motifs (C(OH)–C–C–N with tert-alkyl or cyclic N) is 1. The van der Waals surface area contributed by atoms with Crippen LogP contribution in [0.2, 0.25) is 0 Å². The maximum Gasteiger partial charge on any atom is 0.410 e. The number of benzene rings is 1. The number of ether oxygens (including phenoxy) is 1. The zero-order chi connectivity index (χ0) is 15.6. The van der Waals surface area contributed by atoms with Crippen LogP contribution in [0.1, 0.15) is 38.8 Å². The topological polar surface area (TPSA) is 75.8 Å². The Balaban J connectivity index is 2.15. The van der Waals surface area contributed by atoms with Gasteiger partial charge in [0, 0.05) is 0 Å². The van der Waals surface area contributed by atoms with Gasteiger partial charge in [0.05, 0.1) is 24.7 Å². The van der Waals surface area contributed by atoms with Crippen LogP contribution in [0.3, 0.4) is 0 Å².